The standard InChI is InChI=1S/C25H39N3O3/c1-24(2,3)19-15-16(7-12-21(19)29)22(30)26-20-13-14-28(23(20)31)18-10-8-17(9-11-18)27-25(4,5)6/h7,12,15,17-18,20,27,29H,8-11,13-14H2,1-6H3,(H,26,30)/t17-,18+,20-/m0/s1. The number of carbonyl (C=O) groups is 2. The molecule has 2 fully saturated rings. The highest BCUT2D eigenvalue weighted by Crippen LogP contribution is 2.32. The second kappa shape index (κ2) is 8.81. The van der Waals surface area contributed by atoms with Crippen molar-refractivity contribution < 1.29 is 14.7 Å². The first-order valence-electron chi connectivity index (χ1n) is 11.6. The zero-order valence-electron chi connectivity index (χ0n) is 19.9. The molecule has 3 N–H and O–H groups in total. The van der Waals surface area contributed by atoms with Crippen LogP contribution in [-0.2, 0) is 10.2 Å². The van der Waals surface area contributed by atoms with Gasteiger partial charge in [-0.2, -0.15) is 0 Å². The number of nitrogens with zero attached hydrogens (tertiary/aromatic N) is 1. The van der Waals surface area contributed by atoms with Crippen molar-refractivity contribution in [3.63, 3.8) is 0 Å². The molecule has 31 heavy (non-hydrogen) atoms. The van der Waals surface area contributed by atoms with Crippen molar-refractivity contribution >= 4 is 11.8 Å². The number of hydrogen-bond donors (Lipinski definition) is 3. The van der Waals surface area contributed by atoms with Gasteiger partial charge in [-0.15, -0.1) is 0 Å². The number of nitrogens with one attached hydrogen (secondary N) is 2. The summed E-state index contributed by atoms with van der Waals surface area (Å²) in [6.07, 6.45) is 4.81. The smallest absolute Gasteiger partial charge is 0.251 e. The van der Waals surface area contributed by atoms with Crippen molar-refractivity contribution in [2.75, 3.05) is 6.54 Å². The van der Waals surface area contributed by atoms with E-state index < -0.39 is 6.04 Å². The van der Waals surface area contributed by atoms with Crippen LogP contribution in [0.4, 0.5) is 0 Å². The summed E-state index contributed by atoms with van der Waals surface area (Å²) in [6.45, 7) is 13.3. The number of aromatic hydroxyl groups is 1. The lowest BCUT2D eigenvalue weighted by atomic mass is 9.85. The Morgan fingerprint density at radius 2 is 1.68 bits per heavy atom. The molecule has 1 aliphatic carbocycles. The van der Waals surface area contributed by atoms with Crippen molar-refractivity contribution in [1.82, 2.24) is 15.5 Å². The highest BCUT2D eigenvalue weighted by molar-refractivity contribution is 5.98. The van der Waals surface area contributed by atoms with Crippen molar-refractivity contribution in [3.8, 4) is 5.75 Å². The highest BCUT2D eigenvalue weighted by Gasteiger charge is 2.38. The minimum Gasteiger partial charge on any atom is -0.508 e. The Morgan fingerprint density at radius 3 is 2.26 bits per heavy atom. The molecule has 0 spiro atoms. The van der Waals surface area contributed by atoms with E-state index in [1.54, 1.807) is 18.2 Å². The third kappa shape index (κ3) is 5.79. The topological polar surface area (TPSA) is 81.7 Å². The molecule has 1 saturated carbocycles. The van der Waals surface area contributed by atoms with Gasteiger partial charge in [0.2, 0.25) is 5.91 Å². The van der Waals surface area contributed by atoms with E-state index in [1.165, 1.54) is 0 Å². The molecular formula is C25H39N3O3. The molecule has 1 saturated heterocycles. The maximum Gasteiger partial charge on any atom is 0.251 e. The fourth-order valence-corrected chi connectivity index (χ4v) is 4.86. The summed E-state index contributed by atoms with van der Waals surface area (Å²) in [7, 11) is 0. The number of hydrogen-bond acceptors (Lipinski definition) is 4. The summed E-state index contributed by atoms with van der Waals surface area (Å²) in [5.41, 5.74) is 1.03. The van der Waals surface area contributed by atoms with Crippen molar-refractivity contribution in [1.29, 1.82) is 0 Å². The minimum atomic E-state index is -0.468. The van der Waals surface area contributed by atoms with Crippen LogP contribution in [0.2, 0.25) is 0 Å². The summed E-state index contributed by atoms with van der Waals surface area (Å²) in [5.74, 6) is -0.0390. The fourth-order valence-electron chi connectivity index (χ4n) is 4.86. The molecule has 3 rings (SSSR count). The van der Waals surface area contributed by atoms with Crippen LogP contribution in [0.3, 0.4) is 0 Å². The van der Waals surface area contributed by atoms with Gasteiger partial charge in [0.25, 0.3) is 5.91 Å². The highest BCUT2D eigenvalue weighted by atomic mass is 16.3. The Balaban J connectivity index is 1.58. The van der Waals surface area contributed by atoms with Crippen molar-refractivity contribution in [2.45, 2.75) is 103 Å². The van der Waals surface area contributed by atoms with E-state index in [-0.39, 0.29) is 34.6 Å². The number of rotatable bonds is 4. The third-order valence-corrected chi connectivity index (χ3v) is 6.39. The van der Waals surface area contributed by atoms with E-state index in [1.807, 2.05) is 25.7 Å². The molecule has 2 aliphatic rings. The summed E-state index contributed by atoms with van der Waals surface area (Å²) in [6, 6.07) is 5.21. The molecule has 1 atom stereocenters. The molecule has 1 aliphatic heterocycles. The van der Waals surface area contributed by atoms with Gasteiger partial charge in [0, 0.05) is 35.3 Å². The average molecular weight is 430 g/mol. The molecule has 1 aromatic rings. The normalized spacial score (nSPS) is 25.0. The van der Waals surface area contributed by atoms with Gasteiger partial charge in [-0.3, -0.25) is 9.59 Å². The van der Waals surface area contributed by atoms with Gasteiger partial charge in [0.05, 0.1) is 0 Å². The van der Waals surface area contributed by atoms with Gasteiger partial charge in [0.15, 0.2) is 0 Å². The number of benzene rings is 1. The van der Waals surface area contributed by atoms with E-state index >= 15 is 0 Å². The second-order valence-corrected chi connectivity index (χ2v) is 11.2. The zero-order chi connectivity index (χ0) is 23.0. The molecular weight excluding hydrogens is 390 g/mol. The number of phenolic OH excluding ortho intramolecular Hbond substituents is 1. The average Bonchev–Trinajstić information content (AvgIpc) is 3.01. The van der Waals surface area contributed by atoms with E-state index in [0.29, 0.717) is 24.6 Å². The lowest BCUT2D eigenvalue weighted by Crippen LogP contribution is -2.49. The van der Waals surface area contributed by atoms with E-state index in [0.717, 1.165) is 31.2 Å². The molecule has 172 valence electrons. The Bertz CT molecular complexity index is 814. The Hall–Kier alpha value is -2.08. The first kappa shape index (κ1) is 23.6. The van der Waals surface area contributed by atoms with Gasteiger partial charge in [0.1, 0.15) is 11.8 Å². The summed E-state index contributed by atoms with van der Waals surface area (Å²) < 4.78 is 0. The van der Waals surface area contributed by atoms with Crippen molar-refractivity contribution in [2.24, 2.45) is 0 Å². The third-order valence-electron chi connectivity index (χ3n) is 6.39. The maximum atomic E-state index is 13.0. The molecule has 6 nitrogen and oxygen atoms in total. The SMILES string of the molecule is CC(C)(C)N[C@H]1CC[C@@H](N2CC[C@H](NC(=O)c3ccc(O)c(C(C)(C)C)c3)C2=O)CC1. The predicted octanol–water partition coefficient (Wildman–Crippen LogP) is 3.72. The number of carbonyl (C=O) groups excluding carboxylic acids is 2. The van der Waals surface area contributed by atoms with E-state index in [9.17, 15) is 14.7 Å². The predicted molar refractivity (Wildman–Crippen MR) is 123 cm³/mol. The Morgan fingerprint density at radius 1 is 1.03 bits per heavy atom. The molecule has 0 aromatic heterocycles. The van der Waals surface area contributed by atoms with Crippen LogP contribution in [0.5, 0.6) is 5.75 Å². The van der Waals surface area contributed by atoms with Gasteiger partial charge in [-0.1, -0.05) is 20.8 Å². The lowest BCUT2D eigenvalue weighted by molar-refractivity contribution is -0.131. The summed E-state index contributed by atoms with van der Waals surface area (Å²) in [4.78, 5) is 27.8. The number of phenols is 1. The maximum absolute atomic E-state index is 13.0. The fraction of sp³-hybridized carbons (Fsp3) is 0.680. The van der Waals surface area contributed by atoms with E-state index in [2.05, 4.69) is 31.4 Å². The van der Waals surface area contributed by atoms with Gasteiger partial charge in [-0.25, -0.2) is 0 Å². The summed E-state index contributed by atoms with van der Waals surface area (Å²) >= 11 is 0. The zero-order valence-corrected chi connectivity index (χ0v) is 19.9. The lowest BCUT2D eigenvalue weighted by Gasteiger charge is -2.37. The van der Waals surface area contributed by atoms with E-state index in [4.69, 9.17) is 0 Å². The van der Waals surface area contributed by atoms with Crippen LogP contribution in [0.25, 0.3) is 0 Å². The van der Waals surface area contributed by atoms with Crippen LogP contribution >= 0.6 is 0 Å². The van der Waals surface area contributed by atoms with Crippen LogP contribution in [0, 0.1) is 0 Å². The number of likely N-dealkylation sites (tertiary alicyclic amines) is 1. The van der Waals surface area contributed by atoms with Gasteiger partial charge >= 0.3 is 0 Å². The molecule has 1 aromatic carbocycles. The van der Waals surface area contributed by atoms with Crippen molar-refractivity contribution in [3.05, 3.63) is 29.3 Å². The monoisotopic (exact) mass is 429 g/mol. The van der Waals surface area contributed by atoms with Crippen LogP contribution in [0.15, 0.2) is 18.2 Å². The molecule has 1 heterocycles. The molecule has 2 amide bonds. The first-order valence-corrected chi connectivity index (χ1v) is 11.6. The first-order chi connectivity index (χ1) is 14.3. The molecule has 0 unspecified atom stereocenters. The largest absolute Gasteiger partial charge is 0.508 e. The minimum absolute atomic E-state index is 0.0374. The Kier molecular flexibility index (Phi) is 6.70. The Labute approximate surface area is 186 Å². The van der Waals surface area contributed by atoms with Gasteiger partial charge < -0.3 is 20.6 Å². The molecule has 6 heteroatoms. The van der Waals surface area contributed by atoms with Crippen LogP contribution in [0.1, 0.15) is 89.6 Å². The van der Waals surface area contributed by atoms with Gasteiger partial charge in [-0.05, 0) is 76.5 Å². The van der Waals surface area contributed by atoms with Crippen LogP contribution < -0.4 is 10.6 Å². The quantitative estimate of drug-likeness (QED) is 0.681. The number of amides is 2. The molecule has 0 bridgehead atoms. The van der Waals surface area contributed by atoms with Crippen LogP contribution in [-0.4, -0.2) is 52.0 Å². The molecule has 0 radical (unpaired) electrons. The summed E-state index contributed by atoms with van der Waals surface area (Å²) in [5, 5.41) is 16.7. The second-order valence-electron chi connectivity index (χ2n) is 11.2.